The smallest absolute Gasteiger partial charge is 0.208 e. The molecular weight excluding hydrogens is 411 g/mol. The minimum Gasteiger partial charge on any atom is -0.493 e. The Morgan fingerprint density at radius 1 is 1.28 bits per heavy atom. The molecule has 0 atom stereocenters. The molecule has 0 radical (unpaired) electrons. The lowest BCUT2D eigenvalue weighted by molar-refractivity contribution is 0.111. The van der Waals surface area contributed by atoms with Gasteiger partial charge in [0, 0.05) is 47.1 Å². The van der Waals surface area contributed by atoms with Gasteiger partial charge in [-0.3, -0.25) is 9.20 Å². The Labute approximate surface area is 182 Å². The van der Waals surface area contributed by atoms with Gasteiger partial charge in [0.15, 0.2) is 17.6 Å². The number of nitrogens with zero attached hydrogens (tertiary/aromatic N) is 5. The number of pyridine rings is 1. The van der Waals surface area contributed by atoms with E-state index >= 15 is 0 Å². The van der Waals surface area contributed by atoms with Crippen LogP contribution in [-0.4, -0.2) is 32.2 Å². The average molecular weight is 428 g/mol. The third-order valence-corrected chi connectivity index (χ3v) is 5.49. The molecule has 0 unspecified atom stereocenters. The zero-order chi connectivity index (χ0) is 22.2. The molecule has 3 aromatic heterocycles. The van der Waals surface area contributed by atoms with Gasteiger partial charge in [0.25, 0.3) is 0 Å². The van der Waals surface area contributed by atoms with Crippen molar-refractivity contribution in [3.63, 3.8) is 0 Å². The molecule has 0 fully saturated rings. The molecule has 0 saturated carbocycles. The monoisotopic (exact) mass is 428 g/mol. The second kappa shape index (κ2) is 7.74. The molecule has 5 rings (SSSR count). The average Bonchev–Trinajstić information content (AvgIpc) is 3.46. The van der Waals surface area contributed by atoms with Crippen molar-refractivity contribution in [2.45, 2.75) is 19.9 Å². The molecule has 0 saturated heterocycles. The summed E-state index contributed by atoms with van der Waals surface area (Å²) in [7, 11) is 0. The summed E-state index contributed by atoms with van der Waals surface area (Å²) in [6.07, 6.45) is 4.54. The van der Waals surface area contributed by atoms with E-state index in [-0.39, 0.29) is 18.1 Å². The molecular formula is C23H17FN6O2. The molecule has 9 heteroatoms. The number of rotatable bonds is 5. The molecule has 32 heavy (non-hydrogen) atoms. The Hall–Kier alpha value is -4.32. The molecule has 1 aromatic carbocycles. The number of ether oxygens (including phenoxy) is 1. The van der Waals surface area contributed by atoms with E-state index in [2.05, 4.69) is 20.3 Å². The lowest BCUT2D eigenvalue weighted by Gasteiger charge is -2.13. The summed E-state index contributed by atoms with van der Waals surface area (Å²) in [6.45, 7) is 2.53. The van der Waals surface area contributed by atoms with Crippen molar-refractivity contribution in [1.29, 1.82) is 5.26 Å². The molecule has 8 nitrogen and oxygen atoms in total. The van der Waals surface area contributed by atoms with Crippen LogP contribution in [0, 0.1) is 24.1 Å². The maximum Gasteiger partial charge on any atom is 0.208 e. The Morgan fingerprint density at radius 2 is 2.16 bits per heavy atom. The van der Waals surface area contributed by atoms with Crippen LogP contribution in [0.5, 0.6) is 5.75 Å². The van der Waals surface area contributed by atoms with Crippen molar-refractivity contribution in [3.8, 4) is 22.9 Å². The van der Waals surface area contributed by atoms with Crippen LogP contribution in [0.1, 0.15) is 33.0 Å². The van der Waals surface area contributed by atoms with Gasteiger partial charge < -0.3 is 10.1 Å². The van der Waals surface area contributed by atoms with Crippen LogP contribution in [0.3, 0.4) is 0 Å². The molecule has 0 amide bonds. The number of halogens is 1. The van der Waals surface area contributed by atoms with Crippen LogP contribution in [-0.2, 0) is 13.0 Å². The second-order valence-corrected chi connectivity index (χ2v) is 7.37. The van der Waals surface area contributed by atoms with Gasteiger partial charge in [-0.05, 0) is 25.1 Å². The third kappa shape index (κ3) is 3.22. The van der Waals surface area contributed by atoms with Gasteiger partial charge >= 0.3 is 0 Å². The Morgan fingerprint density at radius 3 is 2.94 bits per heavy atom. The Bertz CT molecular complexity index is 1420. The SMILES string of the molecule is Cc1nc(C=O)ccc1-c1cnc(NCc2c(F)ccc3c2CCO3)n2cc(C#N)nc12. The fourth-order valence-corrected chi connectivity index (χ4v) is 3.96. The zero-order valence-electron chi connectivity index (χ0n) is 17.1. The van der Waals surface area contributed by atoms with Crippen LogP contribution in [0.25, 0.3) is 16.8 Å². The van der Waals surface area contributed by atoms with E-state index in [9.17, 15) is 14.4 Å². The van der Waals surface area contributed by atoms with Crippen LogP contribution < -0.4 is 10.1 Å². The molecule has 0 aliphatic carbocycles. The predicted molar refractivity (Wildman–Crippen MR) is 114 cm³/mol. The maximum atomic E-state index is 14.5. The second-order valence-electron chi connectivity index (χ2n) is 7.37. The first-order chi connectivity index (χ1) is 15.6. The van der Waals surface area contributed by atoms with Crippen LogP contribution in [0.4, 0.5) is 10.3 Å². The van der Waals surface area contributed by atoms with Crippen molar-refractivity contribution >= 4 is 17.9 Å². The highest BCUT2D eigenvalue weighted by molar-refractivity contribution is 5.81. The summed E-state index contributed by atoms with van der Waals surface area (Å²) >= 11 is 0. The number of benzene rings is 1. The highest BCUT2D eigenvalue weighted by Crippen LogP contribution is 2.31. The lowest BCUT2D eigenvalue weighted by Crippen LogP contribution is -2.10. The fourth-order valence-electron chi connectivity index (χ4n) is 3.96. The van der Waals surface area contributed by atoms with Crippen molar-refractivity contribution in [1.82, 2.24) is 19.4 Å². The number of anilines is 1. The van der Waals surface area contributed by atoms with Crippen molar-refractivity contribution in [2.24, 2.45) is 0 Å². The molecule has 4 heterocycles. The third-order valence-electron chi connectivity index (χ3n) is 5.49. The number of aryl methyl sites for hydroxylation is 1. The Kier molecular flexibility index (Phi) is 4.75. The van der Waals surface area contributed by atoms with E-state index in [4.69, 9.17) is 4.74 Å². The van der Waals surface area contributed by atoms with E-state index in [1.54, 1.807) is 41.9 Å². The normalized spacial score (nSPS) is 12.3. The largest absolute Gasteiger partial charge is 0.493 e. The van der Waals surface area contributed by atoms with Crippen LogP contribution in [0.15, 0.2) is 36.7 Å². The van der Waals surface area contributed by atoms with Gasteiger partial charge in [-0.25, -0.2) is 19.3 Å². The number of carbonyl (C=O) groups is 1. The first-order valence-corrected chi connectivity index (χ1v) is 9.97. The fraction of sp³-hybridized carbons (Fsp3) is 0.174. The number of hydrogen-bond acceptors (Lipinski definition) is 7. The molecule has 158 valence electrons. The summed E-state index contributed by atoms with van der Waals surface area (Å²) in [6, 6.07) is 8.49. The standard InChI is InChI=1S/C23H17FN6O2/c1-13-16(3-2-14(12-31)28-13)19-10-27-23(30-11-15(8-25)29-22(19)30)26-9-18-17-6-7-32-21(17)5-4-20(18)24/h2-5,10-12H,6-7,9H2,1H3,(H,26,27). The first kappa shape index (κ1) is 19.6. The molecule has 1 N–H and O–H groups in total. The summed E-state index contributed by atoms with van der Waals surface area (Å²) in [5.74, 6) is 0.812. The molecule has 0 bridgehead atoms. The molecule has 1 aliphatic heterocycles. The van der Waals surface area contributed by atoms with Gasteiger partial charge in [-0.1, -0.05) is 6.07 Å². The van der Waals surface area contributed by atoms with Gasteiger partial charge in [0.2, 0.25) is 5.95 Å². The Balaban J connectivity index is 1.56. The first-order valence-electron chi connectivity index (χ1n) is 9.97. The number of nitriles is 1. The molecule has 1 aliphatic rings. The highest BCUT2D eigenvalue weighted by Gasteiger charge is 2.20. The van der Waals surface area contributed by atoms with E-state index in [0.717, 1.165) is 11.1 Å². The van der Waals surface area contributed by atoms with Gasteiger partial charge in [0.05, 0.1) is 12.8 Å². The predicted octanol–water partition coefficient (Wildman–Crippen LogP) is 3.47. The summed E-state index contributed by atoms with van der Waals surface area (Å²) in [5, 5.41) is 12.6. The van der Waals surface area contributed by atoms with Crippen molar-refractivity contribution in [2.75, 3.05) is 11.9 Å². The van der Waals surface area contributed by atoms with E-state index in [1.165, 1.54) is 6.07 Å². The van der Waals surface area contributed by atoms with Crippen molar-refractivity contribution < 1.29 is 13.9 Å². The number of hydrogen-bond donors (Lipinski definition) is 1. The number of aldehydes is 1. The summed E-state index contributed by atoms with van der Waals surface area (Å²) in [5.41, 5.74) is 4.49. The lowest BCUT2D eigenvalue weighted by atomic mass is 10.0. The van der Waals surface area contributed by atoms with Crippen molar-refractivity contribution in [3.05, 3.63) is 70.7 Å². The molecule has 4 aromatic rings. The number of carbonyl (C=O) groups excluding carboxylic acids is 1. The van der Waals surface area contributed by atoms with Crippen LogP contribution in [0.2, 0.25) is 0 Å². The summed E-state index contributed by atoms with van der Waals surface area (Å²) < 4.78 is 21.7. The van der Waals surface area contributed by atoms with Crippen LogP contribution >= 0.6 is 0 Å². The highest BCUT2D eigenvalue weighted by atomic mass is 19.1. The number of imidazole rings is 1. The van der Waals surface area contributed by atoms with E-state index in [0.29, 0.717) is 59.2 Å². The molecule has 0 spiro atoms. The van der Waals surface area contributed by atoms with Gasteiger partial charge in [-0.15, -0.1) is 0 Å². The minimum absolute atomic E-state index is 0.203. The number of aromatic nitrogens is 4. The summed E-state index contributed by atoms with van der Waals surface area (Å²) in [4.78, 5) is 24.2. The minimum atomic E-state index is -0.310. The van der Waals surface area contributed by atoms with Gasteiger partial charge in [-0.2, -0.15) is 5.26 Å². The van der Waals surface area contributed by atoms with E-state index < -0.39 is 0 Å². The van der Waals surface area contributed by atoms with E-state index in [1.807, 2.05) is 6.07 Å². The quantitative estimate of drug-likeness (QED) is 0.485. The number of nitrogens with one attached hydrogen (secondary N) is 1. The topological polar surface area (TPSA) is 105 Å². The number of fused-ring (bicyclic) bond motifs is 2. The zero-order valence-corrected chi connectivity index (χ0v) is 17.1. The van der Waals surface area contributed by atoms with Gasteiger partial charge in [0.1, 0.15) is 23.3 Å². The maximum absolute atomic E-state index is 14.5.